The molecule has 0 N–H and O–H groups in total. The van der Waals surface area contributed by atoms with E-state index < -0.39 is 23.8 Å². The van der Waals surface area contributed by atoms with Gasteiger partial charge in [-0.05, 0) is 31.9 Å². The third-order valence-electron chi connectivity index (χ3n) is 4.95. The van der Waals surface area contributed by atoms with Gasteiger partial charge in [0.15, 0.2) is 6.10 Å². The van der Waals surface area contributed by atoms with Gasteiger partial charge in [-0.25, -0.2) is 4.98 Å². The van der Waals surface area contributed by atoms with Crippen LogP contribution in [0.4, 0.5) is 19.0 Å². The maximum absolute atomic E-state index is 12.6. The van der Waals surface area contributed by atoms with Crippen molar-refractivity contribution in [3.05, 3.63) is 59.8 Å². The quantitative estimate of drug-likeness (QED) is 0.552. The average Bonchev–Trinajstić information content (AvgIpc) is 2.73. The number of carbonyl (C=O) groups is 2. The van der Waals surface area contributed by atoms with Crippen LogP contribution in [0.15, 0.2) is 48.7 Å². The summed E-state index contributed by atoms with van der Waals surface area (Å²) < 4.78 is 43.3. The Bertz CT molecular complexity index is 846. The van der Waals surface area contributed by atoms with Gasteiger partial charge < -0.3 is 9.64 Å². The molecule has 1 aliphatic heterocycles. The number of aromatic nitrogens is 1. The molecule has 0 amide bonds. The molecule has 1 atom stereocenters. The summed E-state index contributed by atoms with van der Waals surface area (Å²) in [7, 11) is 0. The first-order valence-corrected chi connectivity index (χ1v) is 9.33. The number of hydrogen-bond acceptors (Lipinski definition) is 5. The predicted molar refractivity (Wildman–Crippen MR) is 101 cm³/mol. The van der Waals surface area contributed by atoms with Crippen LogP contribution >= 0.6 is 0 Å². The van der Waals surface area contributed by atoms with Gasteiger partial charge in [0.25, 0.3) is 0 Å². The second-order valence-electron chi connectivity index (χ2n) is 6.97. The number of pyridine rings is 1. The van der Waals surface area contributed by atoms with E-state index in [1.165, 1.54) is 6.07 Å². The number of piperidine rings is 1. The number of nitrogens with zero attached hydrogens (tertiary/aromatic N) is 2. The summed E-state index contributed by atoms with van der Waals surface area (Å²) in [4.78, 5) is 30.5. The summed E-state index contributed by atoms with van der Waals surface area (Å²) in [6, 6.07) is 11.0. The molecule has 1 saturated heterocycles. The summed E-state index contributed by atoms with van der Waals surface area (Å²) in [6.07, 6.45) is -3.52. The SMILES string of the molecule is C[C@H](OC(=O)C1CCN(c2ccc(C(F)(F)F)cn2)CC1)C(=O)c1ccccc1. The van der Waals surface area contributed by atoms with Gasteiger partial charge in [-0.15, -0.1) is 0 Å². The average molecular weight is 406 g/mol. The number of rotatable bonds is 5. The van der Waals surface area contributed by atoms with Gasteiger partial charge in [-0.3, -0.25) is 9.59 Å². The second kappa shape index (κ2) is 8.63. The van der Waals surface area contributed by atoms with Crippen molar-refractivity contribution in [3.8, 4) is 0 Å². The standard InChI is InChI=1S/C21H21F3N2O3/c1-14(19(27)15-5-3-2-4-6-15)29-20(28)16-9-11-26(12-10-16)18-8-7-17(13-25-18)21(22,23)24/h2-8,13-14,16H,9-12H2,1H3/t14-/m0/s1. The van der Waals surface area contributed by atoms with Crippen molar-refractivity contribution in [1.29, 1.82) is 0 Å². The smallest absolute Gasteiger partial charge is 0.417 e. The number of ketones is 1. The van der Waals surface area contributed by atoms with Crippen molar-refractivity contribution < 1.29 is 27.5 Å². The molecule has 0 spiro atoms. The number of alkyl halides is 3. The minimum Gasteiger partial charge on any atom is -0.454 e. The first-order chi connectivity index (χ1) is 13.8. The monoisotopic (exact) mass is 406 g/mol. The molecule has 1 aromatic carbocycles. The predicted octanol–water partition coefficient (Wildman–Crippen LogP) is 4.13. The highest BCUT2D eigenvalue weighted by Gasteiger charge is 2.32. The Balaban J connectivity index is 1.52. The molecule has 29 heavy (non-hydrogen) atoms. The zero-order chi connectivity index (χ0) is 21.0. The Kier molecular flexibility index (Phi) is 6.20. The van der Waals surface area contributed by atoms with Gasteiger partial charge in [-0.2, -0.15) is 13.2 Å². The highest BCUT2D eigenvalue weighted by Crippen LogP contribution is 2.30. The largest absolute Gasteiger partial charge is 0.454 e. The van der Waals surface area contributed by atoms with Gasteiger partial charge in [-0.1, -0.05) is 30.3 Å². The van der Waals surface area contributed by atoms with E-state index in [-0.39, 0.29) is 11.7 Å². The maximum atomic E-state index is 12.6. The highest BCUT2D eigenvalue weighted by atomic mass is 19.4. The molecular formula is C21H21F3N2O3. The second-order valence-corrected chi connectivity index (χ2v) is 6.97. The van der Waals surface area contributed by atoms with Crippen LogP contribution in [0.1, 0.15) is 35.7 Å². The Hall–Kier alpha value is -2.90. The molecule has 0 radical (unpaired) electrons. The maximum Gasteiger partial charge on any atom is 0.417 e. The first-order valence-electron chi connectivity index (χ1n) is 9.33. The van der Waals surface area contributed by atoms with E-state index in [0.717, 1.165) is 12.3 Å². The van der Waals surface area contributed by atoms with Gasteiger partial charge in [0, 0.05) is 24.8 Å². The molecule has 0 saturated carbocycles. The fourth-order valence-corrected chi connectivity index (χ4v) is 3.25. The number of benzene rings is 1. The van der Waals surface area contributed by atoms with Crippen molar-refractivity contribution in [3.63, 3.8) is 0 Å². The van der Waals surface area contributed by atoms with Crippen LogP contribution in [-0.2, 0) is 15.7 Å². The number of hydrogen-bond donors (Lipinski definition) is 0. The lowest BCUT2D eigenvalue weighted by Gasteiger charge is -2.32. The van der Waals surface area contributed by atoms with E-state index in [9.17, 15) is 22.8 Å². The number of halogens is 3. The number of ether oxygens (including phenoxy) is 1. The Morgan fingerprint density at radius 3 is 2.31 bits per heavy atom. The number of carbonyl (C=O) groups excluding carboxylic acids is 2. The lowest BCUT2D eigenvalue weighted by molar-refractivity contribution is -0.152. The number of esters is 1. The lowest BCUT2D eigenvalue weighted by Crippen LogP contribution is -2.38. The molecule has 0 aliphatic carbocycles. The summed E-state index contributed by atoms with van der Waals surface area (Å²) in [5.74, 6) is -0.601. The van der Waals surface area contributed by atoms with Crippen LogP contribution in [-0.4, -0.2) is 35.9 Å². The van der Waals surface area contributed by atoms with Crippen molar-refractivity contribution in [1.82, 2.24) is 4.98 Å². The van der Waals surface area contributed by atoms with Crippen LogP contribution < -0.4 is 4.90 Å². The van der Waals surface area contributed by atoms with Crippen LogP contribution in [0.2, 0.25) is 0 Å². The van der Waals surface area contributed by atoms with Gasteiger partial charge in [0.05, 0.1) is 11.5 Å². The molecule has 2 aromatic rings. The zero-order valence-electron chi connectivity index (χ0n) is 15.9. The van der Waals surface area contributed by atoms with E-state index in [1.807, 2.05) is 4.90 Å². The third-order valence-corrected chi connectivity index (χ3v) is 4.95. The van der Waals surface area contributed by atoms with Crippen LogP contribution in [0.3, 0.4) is 0 Å². The van der Waals surface area contributed by atoms with E-state index in [2.05, 4.69) is 4.98 Å². The van der Waals surface area contributed by atoms with Crippen LogP contribution in [0, 0.1) is 5.92 Å². The van der Waals surface area contributed by atoms with Gasteiger partial charge >= 0.3 is 12.1 Å². The molecule has 0 unspecified atom stereocenters. The van der Waals surface area contributed by atoms with E-state index in [0.29, 0.717) is 37.3 Å². The van der Waals surface area contributed by atoms with Crippen molar-refractivity contribution >= 4 is 17.6 Å². The summed E-state index contributed by atoms with van der Waals surface area (Å²) in [6.45, 7) is 2.49. The molecule has 2 heterocycles. The topological polar surface area (TPSA) is 59.5 Å². The van der Waals surface area contributed by atoms with Gasteiger partial charge in [0.1, 0.15) is 5.82 Å². The van der Waals surface area contributed by atoms with Crippen molar-refractivity contribution in [2.45, 2.75) is 32.0 Å². The van der Waals surface area contributed by atoms with Crippen molar-refractivity contribution in [2.75, 3.05) is 18.0 Å². The van der Waals surface area contributed by atoms with Crippen LogP contribution in [0.25, 0.3) is 0 Å². The molecule has 5 nitrogen and oxygen atoms in total. The Morgan fingerprint density at radius 2 is 1.76 bits per heavy atom. The Morgan fingerprint density at radius 1 is 1.10 bits per heavy atom. The molecule has 8 heteroatoms. The number of anilines is 1. The lowest BCUT2D eigenvalue weighted by atomic mass is 9.96. The highest BCUT2D eigenvalue weighted by molar-refractivity contribution is 6.00. The van der Waals surface area contributed by atoms with Crippen molar-refractivity contribution in [2.24, 2.45) is 5.92 Å². The van der Waals surface area contributed by atoms with E-state index >= 15 is 0 Å². The fourth-order valence-electron chi connectivity index (χ4n) is 3.25. The number of Topliss-reactive ketones (excluding diaryl/α,β-unsaturated/α-hetero) is 1. The summed E-state index contributed by atoms with van der Waals surface area (Å²) in [5, 5.41) is 0. The molecule has 0 bridgehead atoms. The molecule has 3 rings (SSSR count). The normalized spacial score (nSPS) is 16.3. The van der Waals surface area contributed by atoms with Gasteiger partial charge in [0.2, 0.25) is 5.78 Å². The summed E-state index contributed by atoms with van der Waals surface area (Å²) >= 11 is 0. The molecule has 1 aliphatic rings. The van der Waals surface area contributed by atoms with E-state index in [4.69, 9.17) is 4.74 Å². The molecular weight excluding hydrogens is 385 g/mol. The minimum absolute atomic E-state index is 0.259. The fraction of sp³-hybridized carbons (Fsp3) is 0.381. The molecule has 154 valence electrons. The zero-order valence-corrected chi connectivity index (χ0v) is 15.9. The Labute approximate surface area is 166 Å². The molecule has 1 fully saturated rings. The first kappa shape index (κ1) is 20.8. The summed E-state index contributed by atoms with van der Waals surface area (Å²) in [5.41, 5.74) is -0.312. The minimum atomic E-state index is -4.42. The van der Waals surface area contributed by atoms with E-state index in [1.54, 1.807) is 37.3 Å². The molecule has 1 aromatic heterocycles. The van der Waals surface area contributed by atoms with Crippen LogP contribution in [0.5, 0.6) is 0 Å². The third kappa shape index (κ3) is 5.13.